The molecule has 174 valence electrons. The number of nitrogens with one attached hydrogen (secondary N) is 2. The van der Waals surface area contributed by atoms with E-state index in [0.29, 0.717) is 22.9 Å². The van der Waals surface area contributed by atoms with Crippen molar-refractivity contribution in [3.8, 4) is 17.2 Å². The lowest BCUT2D eigenvalue weighted by atomic mass is 9.91. The zero-order valence-electron chi connectivity index (χ0n) is 18.3. The zero-order chi connectivity index (χ0) is 24.3. The van der Waals surface area contributed by atoms with Crippen LogP contribution in [-0.2, 0) is 15.1 Å². The van der Waals surface area contributed by atoms with Crippen LogP contribution >= 0.6 is 0 Å². The maximum absolute atomic E-state index is 13.0. The molecule has 0 spiro atoms. The van der Waals surface area contributed by atoms with Gasteiger partial charge in [0, 0.05) is 30.0 Å². The van der Waals surface area contributed by atoms with Crippen molar-refractivity contribution in [1.29, 1.82) is 0 Å². The number of nitrogens with zero attached hydrogens (tertiary/aromatic N) is 2. The average molecular weight is 458 g/mol. The van der Waals surface area contributed by atoms with Crippen LogP contribution in [-0.4, -0.2) is 55.5 Å². The van der Waals surface area contributed by atoms with E-state index in [2.05, 4.69) is 10.6 Å². The maximum Gasteiger partial charge on any atom is 0.325 e. The molecule has 1 fully saturated rings. The lowest BCUT2D eigenvalue weighted by Gasteiger charge is -2.22. The Hall–Kier alpha value is -4.35. The molecule has 2 N–H and O–H groups in total. The molecule has 33 heavy (non-hydrogen) atoms. The van der Waals surface area contributed by atoms with Gasteiger partial charge in [0.05, 0.1) is 26.3 Å². The molecule has 1 atom stereocenters. The number of anilines is 1. The molecule has 0 aliphatic carbocycles. The molecule has 0 radical (unpaired) electrons. The number of hydrogen-bond acceptors (Lipinski definition) is 8. The van der Waals surface area contributed by atoms with Gasteiger partial charge >= 0.3 is 6.03 Å². The summed E-state index contributed by atoms with van der Waals surface area (Å²) in [4.78, 5) is 49.4. The highest BCUT2D eigenvalue weighted by atomic mass is 16.6. The quantitative estimate of drug-likeness (QED) is 0.347. The fraction of sp³-hybridized carbons (Fsp3) is 0.286. The van der Waals surface area contributed by atoms with Crippen molar-refractivity contribution in [2.24, 2.45) is 0 Å². The van der Waals surface area contributed by atoms with Gasteiger partial charge in [0.1, 0.15) is 12.1 Å². The third-order valence-corrected chi connectivity index (χ3v) is 5.16. The number of nitro benzene ring substituents is 1. The van der Waals surface area contributed by atoms with Crippen LogP contribution in [0.25, 0.3) is 0 Å². The van der Waals surface area contributed by atoms with Crippen molar-refractivity contribution in [1.82, 2.24) is 10.2 Å². The van der Waals surface area contributed by atoms with Gasteiger partial charge in [-0.05, 0) is 12.5 Å². The van der Waals surface area contributed by atoms with Gasteiger partial charge in [-0.3, -0.25) is 24.6 Å². The Morgan fingerprint density at radius 2 is 1.76 bits per heavy atom. The van der Waals surface area contributed by atoms with E-state index in [1.807, 2.05) is 0 Å². The van der Waals surface area contributed by atoms with Gasteiger partial charge in [-0.1, -0.05) is 12.1 Å². The number of urea groups is 1. The molecule has 12 nitrogen and oxygen atoms in total. The number of hydrogen-bond donors (Lipinski definition) is 2. The van der Waals surface area contributed by atoms with E-state index in [-0.39, 0.29) is 11.3 Å². The van der Waals surface area contributed by atoms with Gasteiger partial charge in [0.2, 0.25) is 11.7 Å². The second kappa shape index (κ2) is 9.02. The molecule has 1 unspecified atom stereocenters. The molecule has 4 amide bonds. The number of carbonyl (C=O) groups is 3. The Kier molecular flexibility index (Phi) is 6.38. The van der Waals surface area contributed by atoms with Crippen molar-refractivity contribution in [3.05, 3.63) is 52.1 Å². The molecule has 0 saturated carbocycles. The van der Waals surface area contributed by atoms with Crippen LogP contribution in [0.3, 0.4) is 0 Å². The van der Waals surface area contributed by atoms with Gasteiger partial charge in [-0.25, -0.2) is 4.79 Å². The lowest BCUT2D eigenvalue weighted by Crippen LogP contribution is -2.42. The minimum Gasteiger partial charge on any atom is -0.493 e. The summed E-state index contributed by atoms with van der Waals surface area (Å²) in [5, 5.41) is 16.2. The van der Waals surface area contributed by atoms with Crippen LogP contribution in [0.5, 0.6) is 17.2 Å². The van der Waals surface area contributed by atoms with E-state index in [1.165, 1.54) is 64.7 Å². The van der Waals surface area contributed by atoms with Crippen molar-refractivity contribution >= 4 is 29.2 Å². The molecule has 12 heteroatoms. The third kappa shape index (κ3) is 4.35. The van der Waals surface area contributed by atoms with Crippen molar-refractivity contribution < 1.29 is 33.5 Å². The highest BCUT2D eigenvalue weighted by Gasteiger charge is 2.49. The summed E-state index contributed by atoms with van der Waals surface area (Å²) >= 11 is 0. The first-order chi connectivity index (χ1) is 15.6. The van der Waals surface area contributed by atoms with Crippen LogP contribution in [0.1, 0.15) is 12.5 Å². The van der Waals surface area contributed by atoms with Gasteiger partial charge in [0.15, 0.2) is 11.5 Å². The summed E-state index contributed by atoms with van der Waals surface area (Å²) in [5.41, 5.74) is -1.27. The summed E-state index contributed by atoms with van der Waals surface area (Å²) in [5.74, 6) is -0.426. The average Bonchev–Trinajstić information content (AvgIpc) is 3.02. The van der Waals surface area contributed by atoms with E-state index in [0.717, 1.165) is 4.90 Å². The largest absolute Gasteiger partial charge is 0.493 e. The minimum absolute atomic E-state index is 0.225. The predicted octanol–water partition coefficient (Wildman–Crippen LogP) is 2.03. The lowest BCUT2D eigenvalue weighted by molar-refractivity contribution is -0.385. The molecule has 1 saturated heterocycles. The number of methoxy groups -OCH3 is 3. The molecule has 3 rings (SSSR count). The monoisotopic (exact) mass is 458 g/mol. The van der Waals surface area contributed by atoms with Crippen molar-refractivity contribution in [2.75, 3.05) is 33.2 Å². The van der Waals surface area contributed by atoms with Crippen LogP contribution < -0.4 is 24.8 Å². The molecule has 1 heterocycles. The molecule has 2 aromatic carbocycles. The normalized spacial score (nSPS) is 17.4. The molecular weight excluding hydrogens is 436 g/mol. The second-order valence-electron chi connectivity index (χ2n) is 7.22. The van der Waals surface area contributed by atoms with E-state index >= 15 is 0 Å². The number of imide groups is 1. The molecule has 0 bridgehead atoms. The first kappa shape index (κ1) is 23.3. The Morgan fingerprint density at radius 3 is 2.30 bits per heavy atom. The Morgan fingerprint density at radius 1 is 1.12 bits per heavy atom. The van der Waals surface area contributed by atoms with E-state index < -0.39 is 34.9 Å². The smallest absolute Gasteiger partial charge is 0.325 e. The number of carbonyl (C=O) groups excluding carboxylic acids is 3. The standard InChI is InChI=1S/C21H22N4O8/c1-21(12-6-5-7-14(8-12)25(29)30)19(27)24(20(28)23-21)11-17(26)22-13-9-15(31-2)18(33-4)16(10-13)32-3/h5-10H,11H2,1-4H3,(H,22,26)(H,23,28). The number of nitro groups is 1. The summed E-state index contributed by atoms with van der Waals surface area (Å²) in [7, 11) is 4.28. The van der Waals surface area contributed by atoms with Gasteiger partial charge in [0.25, 0.3) is 11.6 Å². The molecule has 2 aromatic rings. The van der Waals surface area contributed by atoms with Gasteiger partial charge in [-0.15, -0.1) is 0 Å². The predicted molar refractivity (Wildman–Crippen MR) is 115 cm³/mol. The van der Waals surface area contributed by atoms with Crippen LogP contribution in [0.2, 0.25) is 0 Å². The molecule has 1 aliphatic rings. The van der Waals surface area contributed by atoms with Gasteiger partial charge in [-0.2, -0.15) is 0 Å². The van der Waals surface area contributed by atoms with E-state index in [1.54, 1.807) is 0 Å². The fourth-order valence-corrected chi connectivity index (χ4v) is 3.46. The van der Waals surface area contributed by atoms with Crippen molar-refractivity contribution in [2.45, 2.75) is 12.5 Å². The molecular formula is C21H22N4O8. The molecule has 1 aliphatic heterocycles. The van der Waals surface area contributed by atoms with E-state index in [9.17, 15) is 24.5 Å². The first-order valence-corrected chi connectivity index (χ1v) is 9.63. The van der Waals surface area contributed by atoms with E-state index in [4.69, 9.17) is 14.2 Å². The second-order valence-corrected chi connectivity index (χ2v) is 7.22. The highest BCUT2D eigenvalue weighted by molar-refractivity contribution is 6.10. The topological polar surface area (TPSA) is 149 Å². The van der Waals surface area contributed by atoms with Crippen LogP contribution in [0, 0.1) is 10.1 Å². The minimum atomic E-state index is -1.56. The Balaban J connectivity index is 1.80. The fourth-order valence-electron chi connectivity index (χ4n) is 3.46. The van der Waals surface area contributed by atoms with Crippen LogP contribution in [0.15, 0.2) is 36.4 Å². The number of benzene rings is 2. The number of rotatable bonds is 8. The highest BCUT2D eigenvalue weighted by Crippen LogP contribution is 2.40. The number of ether oxygens (including phenoxy) is 3. The Labute approximate surface area is 188 Å². The summed E-state index contributed by atoms with van der Waals surface area (Å²) in [6, 6.07) is 7.59. The maximum atomic E-state index is 13.0. The SMILES string of the molecule is COc1cc(NC(=O)CN2C(=O)NC(C)(c3cccc([N+](=O)[O-])c3)C2=O)cc(OC)c1OC. The molecule has 0 aromatic heterocycles. The Bertz CT molecular complexity index is 1110. The third-order valence-electron chi connectivity index (χ3n) is 5.16. The summed E-state index contributed by atoms with van der Waals surface area (Å²) < 4.78 is 15.7. The summed E-state index contributed by atoms with van der Waals surface area (Å²) in [6.45, 7) is 0.843. The van der Waals surface area contributed by atoms with Gasteiger partial charge < -0.3 is 24.8 Å². The number of non-ortho nitro benzene ring substituents is 1. The zero-order valence-corrected chi connectivity index (χ0v) is 18.3. The number of amides is 4. The summed E-state index contributed by atoms with van der Waals surface area (Å²) in [6.07, 6.45) is 0. The first-order valence-electron chi connectivity index (χ1n) is 9.63. The van der Waals surface area contributed by atoms with Crippen LogP contribution in [0.4, 0.5) is 16.2 Å². The van der Waals surface area contributed by atoms with Crippen molar-refractivity contribution in [3.63, 3.8) is 0 Å².